The number of methoxy groups -OCH3 is 3. The van der Waals surface area contributed by atoms with Gasteiger partial charge in [-0.1, -0.05) is 35.6 Å². The largest absolute Gasteiger partial charge is 0.497 e. The lowest BCUT2D eigenvalue weighted by Crippen LogP contribution is -2.52. The highest BCUT2D eigenvalue weighted by molar-refractivity contribution is 6.30. The molecule has 0 spiro atoms. The number of ether oxygens (including phenoxy) is 9. The molecule has 0 unspecified atom stereocenters. The number of aliphatic hydroxyl groups excluding tert-OH is 1. The molecule has 2 aromatic rings. The van der Waals surface area contributed by atoms with Gasteiger partial charge in [0, 0.05) is 24.8 Å². The summed E-state index contributed by atoms with van der Waals surface area (Å²) in [7, 11) is 4.18. The first-order chi connectivity index (χ1) is 26.9. The zero-order chi connectivity index (χ0) is 42.0. The summed E-state index contributed by atoms with van der Waals surface area (Å²) in [6.07, 6.45) is 2.56. The number of aliphatic hydroxyl groups is 2. The van der Waals surface area contributed by atoms with E-state index in [1.807, 2.05) is 12.1 Å². The summed E-state index contributed by atoms with van der Waals surface area (Å²) in [5.74, 6) is 7.36. The molecule has 16 heteroatoms. The van der Waals surface area contributed by atoms with Crippen LogP contribution in [0.25, 0.3) is 0 Å². The number of rotatable bonds is 16. The van der Waals surface area contributed by atoms with Crippen molar-refractivity contribution in [2.45, 2.75) is 101 Å². The molecule has 57 heavy (non-hydrogen) atoms. The maximum Gasteiger partial charge on any atom is 0.408 e. The summed E-state index contributed by atoms with van der Waals surface area (Å²) in [5, 5.41) is 26.1. The van der Waals surface area contributed by atoms with Crippen LogP contribution in [0.5, 0.6) is 11.5 Å². The fourth-order valence-corrected chi connectivity index (χ4v) is 6.15. The number of hydrogen-bond donors (Lipinski definition) is 3. The molecule has 2 heterocycles. The molecule has 310 valence electrons. The molecule has 1 aromatic heterocycles. The van der Waals surface area contributed by atoms with E-state index < -0.39 is 59.0 Å². The van der Waals surface area contributed by atoms with Crippen molar-refractivity contribution >= 4 is 23.7 Å². The molecule has 1 aromatic carbocycles. The van der Waals surface area contributed by atoms with Crippen LogP contribution in [0.3, 0.4) is 0 Å². The summed E-state index contributed by atoms with van der Waals surface area (Å²) >= 11 is 6.60. The summed E-state index contributed by atoms with van der Waals surface area (Å²) in [6.45, 7) is 8.12. The van der Waals surface area contributed by atoms with E-state index in [1.54, 1.807) is 53.9 Å². The van der Waals surface area contributed by atoms with E-state index >= 15 is 0 Å². The summed E-state index contributed by atoms with van der Waals surface area (Å²) < 4.78 is 50.9. The van der Waals surface area contributed by atoms with Crippen molar-refractivity contribution in [3.05, 3.63) is 64.5 Å². The molecule has 6 atom stereocenters. The van der Waals surface area contributed by atoms with Gasteiger partial charge < -0.3 is 58.2 Å². The predicted molar refractivity (Wildman–Crippen MR) is 206 cm³/mol. The van der Waals surface area contributed by atoms with Gasteiger partial charge in [0.1, 0.15) is 42.5 Å². The average Bonchev–Trinajstić information content (AvgIpc) is 3.65. The minimum Gasteiger partial charge on any atom is -0.497 e. The van der Waals surface area contributed by atoms with Crippen LogP contribution < -0.4 is 14.8 Å². The number of terminal acetylenes is 1. The smallest absolute Gasteiger partial charge is 0.408 e. The Morgan fingerprint density at radius 3 is 2.44 bits per heavy atom. The summed E-state index contributed by atoms with van der Waals surface area (Å²) in [5.41, 5.74) is -3.03. The molecular weight excluding hydrogens is 764 g/mol. The number of benzene rings is 1. The van der Waals surface area contributed by atoms with E-state index in [-0.39, 0.29) is 55.9 Å². The van der Waals surface area contributed by atoms with Crippen LogP contribution >= 0.6 is 11.6 Å². The van der Waals surface area contributed by atoms with Crippen LogP contribution in [0.2, 0.25) is 5.15 Å². The highest BCUT2D eigenvalue weighted by atomic mass is 35.5. The lowest BCUT2D eigenvalue weighted by molar-refractivity contribution is -0.187. The topological polar surface area (TPSA) is 183 Å². The molecule has 1 aliphatic heterocycles. The molecule has 3 N–H and O–H groups in total. The fourth-order valence-electron chi connectivity index (χ4n) is 5.94. The summed E-state index contributed by atoms with van der Waals surface area (Å²) in [6, 6.07) is 9.15. The monoisotopic (exact) mass is 814 g/mol. The van der Waals surface area contributed by atoms with E-state index in [2.05, 4.69) is 28.1 Å². The number of carbonyl (C=O) groups is 2. The van der Waals surface area contributed by atoms with Crippen molar-refractivity contribution in [1.29, 1.82) is 0 Å². The van der Waals surface area contributed by atoms with E-state index in [0.29, 0.717) is 11.4 Å². The Balaban J connectivity index is 1.66. The maximum absolute atomic E-state index is 12.5. The van der Waals surface area contributed by atoms with Crippen LogP contribution in [0, 0.1) is 24.2 Å². The van der Waals surface area contributed by atoms with Crippen molar-refractivity contribution in [3.8, 4) is 35.7 Å². The Kier molecular flexibility index (Phi) is 15.4. The normalized spacial score (nSPS) is 22.8. The molecule has 1 aliphatic carbocycles. The zero-order valence-electron chi connectivity index (χ0n) is 33.4. The van der Waals surface area contributed by atoms with Crippen LogP contribution in [-0.2, 0) is 51.0 Å². The van der Waals surface area contributed by atoms with Gasteiger partial charge in [0.2, 0.25) is 0 Å². The average molecular weight is 815 g/mol. The molecule has 2 aliphatic rings. The second-order valence-electron chi connectivity index (χ2n) is 14.8. The number of nitrogens with one attached hydrogen (secondary N) is 1. The molecule has 4 rings (SSSR count). The Morgan fingerprint density at radius 2 is 1.86 bits per heavy atom. The van der Waals surface area contributed by atoms with Crippen molar-refractivity contribution in [3.63, 3.8) is 0 Å². The molecule has 1 amide bonds. The van der Waals surface area contributed by atoms with Gasteiger partial charge in [0.25, 0.3) is 0 Å². The van der Waals surface area contributed by atoms with Crippen LogP contribution in [0.15, 0.2) is 48.0 Å². The first kappa shape index (κ1) is 45.3. The number of amides is 1. The van der Waals surface area contributed by atoms with Gasteiger partial charge in [-0.3, -0.25) is 0 Å². The van der Waals surface area contributed by atoms with Gasteiger partial charge in [-0.25, -0.2) is 14.6 Å². The number of halogens is 1. The third-order valence-electron chi connectivity index (χ3n) is 8.81. The molecule has 1 fully saturated rings. The molecule has 0 bridgehead atoms. The first-order valence-electron chi connectivity index (χ1n) is 18.0. The van der Waals surface area contributed by atoms with Crippen molar-refractivity contribution in [2.75, 3.05) is 41.3 Å². The van der Waals surface area contributed by atoms with Gasteiger partial charge in [0.05, 0.1) is 40.5 Å². The highest BCUT2D eigenvalue weighted by Gasteiger charge is 2.53. The quantitative estimate of drug-likeness (QED) is 0.0961. The number of carbonyl (C=O) groups excluding carboxylic acids is 2. The minimum atomic E-state index is -1.85. The number of alkyl carbamates (subject to hydrolysis) is 1. The highest BCUT2D eigenvalue weighted by Crippen LogP contribution is 2.39. The Hall–Kier alpha value is -4.42. The fraction of sp³-hybridized carbons (Fsp3) is 0.537. The van der Waals surface area contributed by atoms with Gasteiger partial charge in [-0.05, 0) is 70.5 Å². The Labute approximate surface area is 338 Å². The summed E-state index contributed by atoms with van der Waals surface area (Å²) in [4.78, 5) is 29.4. The van der Waals surface area contributed by atoms with E-state index in [1.165, 1.54) is 32.4 Å². The molecule has 15 nitrogen and oxygen atoms in total. The second-order valence-corrected chi connectivity index (χ2v) is 15.1. The van der Waals surface area contributed by atoms with Crippen molar-refractivity contribution < 1.29 is 62.4 Å². The Morgan fingerprint density at radius 1 is 1.14 bits per heavy atom. The number of pyridine rings is 1. The van der Waals surface area contributed by atoms with Gasteiger partial charge in [0.15, 0.2) is 27.9 Å². The van der Waals surface area contributed by atoms with Gasteiger partial charge >= 0.3 is 12.1 Å². The molecule has 0 radical (unpaired) electrons. The van der Waals surface area contributed by atoms with E-state index in [9.17, 15) is 19.8 Å². The first-order valence-corrected chi connectivity index (χ1v) is 18.4. The van der Waals surface area contributed by atoms with E-state index in [0.717, 1.165) is 5.56 Å². The lowest BCUT2D eigenvalue weighted by atomic mass is 9.90. The number of esters is 1. The van der Waals surface area contributed by atoms with Crippen LogP contribution in [-0.4, -0.2) is 116 Å². The number of hydrogen-bond acceptors (Lipinski definition) is 14. The SMILES string of the molecule is C#CC[C@@](O)(C#CC1=C[C@H](Oc2ccc(C[C@H](NC(=O)OC(C)(C)C)C(=O)OC)nc2Cl)[C@@H](O)[C@@]1(COCc1ccc(OC)cc1)OCOC)[C@H]1COC(C)(C)O1. The maximum atomic E-state index is 12.5. The van der Waals surface area contributed by atoms with Crippen molar-refractivity contribution in [2.24, 2.45) is 0 Å². The van der Waals surface area contributed by atoms with Crippen LogP contribution in [0.4, 0.5) is 4.79 Å². The standard InChI is InChI=1S/C41H51ClN2O13/c1-10-18-40(48,33-23-53-39(5,6)56-33)19-17-27-20-32(34(45)41(27,54-25-49-7)24-52-22-26-11-14-29(50-8)15-12-26)55-31-16-13-28(43-35(31)42)21-30(36(46)51-9)44-37(47)57-38(2,3)4/h1,11-16,20,30,32-34,45,48H,18,21-25H2,2-9H3,(H,44,47)/t30-,32-,33+,34+,40+,41-/m0/s1. The van der Waals surface area contributed by atoms with Gasteiger partial charge in [-0.15, -0.1) is 12.3 Å². The zero-order valence-corrected chi connectivity index (χ0v) is 34.1. The third kappa shape index (κ3) is 12.0. The predicted octanol–water partition coefficient (Wildman–Crippen LogP) is 3.89. The van der Waals surface area contributed by atoms with Crippen molar-refractivity contribution in [1.82, 2.24) is 10.3 Å². The molecular formula is C41H51ClN2O13. The minimum absolute atomic E-state index is 0.0303. The van der Waals surface area contributed by atoms with E-state index in [4.69, 9.17) is 60.7 Å². The third-order valence-corrected chi connectivity index (χ3v) is 9.08. The van der Waals surface area contributed by atoms with Crippen LogP contribution in [0.1, 0.15) is 52.3 Å². The Bertz CT molecular complexity index is 1850. The molecule has 1 saturated heterocycles. The second kappa shape index (κ2) is 19.4. The van der Waals surface area contributed by atoms with Gasteiger partial charge in [-0.2, -0.15) is 0 Å². The molecule has 0 saturated carbocycles. The lowest BCUT2D eigenvalue weighted by Gasteiger charge is -2.35. The number of aromatic nitrogens is 1. The number of nitrogens with zero attached hydrogens (tertiary/aromatic N) is 1.